The molecule has 1 aliphatic heterocycles. The summed E-state index contributed by atoms with van der Waals surface area (Å²) in [6.45, 7) is 2.41. The van der Waals surface area contributed by atoms with E-state index in [4.69, 9.17) is 5.73 Å². The summed E-state index contributed by atoms with van der Waals surface area (Å²) in [4.78, 5) is 16.5. The SMILES string of the molecule is CN(C)C1CCN(CC(=O)Nc2cccc(N)c2)CC1. The molecule has 1 heterocycles. The number of hydrogen-bond donors (Lipinski definition) is 2. The number of nitrogens with one attached hydrogen (secondary N) is 1. The molecule has 3 N–H and O–H groups in total. The molecule has 5 nitrogen and oxygen atoms in total. The third kappa shape index (κ3) is 4.21. The highest BCUT2D eigenvalue weighted by molar-refractivity contribution is 5.92. The fourth-order valence-corrected chi connectivity index (χ4v) is 2.61. The van der Waals surface area contributed by atoms with Crippen molar-refractivity contribution in [2.24, 2.45) is 0 Å². The predicted octanol–water partition coefficient (Wildman–Crippen LogP) is 1.23. The molecule has 1 amide bonds. The third-order valence-corrected chi connectivity index (χ3v) is 3.82. The first-order chi connectivity index (χ1) is 9.54. The number of piperidine rings is 1. The van der Waals surface area contributed by atoms with Crippen LogP contribution in [0.15, 0.2) is 24.3 Å². The van der Waals surface area contributed by atoms with Crippen LogP contribution in [0.3, 0.4) is 0 Å². The molecule has 0 spiro atoms. The van der Waals surface area contributed by atoms with Gasteiger partial charge in [0.2, 0.25) is 5.91 Å². The molecule has 1 aromatic carbocycles. The number of carbonyl (C=O) groups excluding carboxylic acids is 1. The summed E-state index contributed by atoms with van der Waals surface area (Å²) in [5.41, 5.74) is 7.12. The minimum atomic E-state index is 0.0268. The monoisotopic (exact) mass is 276 g/mol. The Kier molecular flexibility index (Phi) is 4.98. The van der Waals surface area contributed by atoms with Crippen molar-refractivity contribution in [3.63, 3.8) is 0 Å². The van der Waals surface area contributed by atoms with Gasteiger partial charge in [0.1, 0.15) is 0 Å². The van der Waals surface area contributed by atoms with E-state index in [-0.39, 0.29) is 5.91 Å². The van der Waals surface area contributed by atoms with Gasteiger partial charge < -0.3 is 16.0 Å². The molecule has 2 rings (SSSR count). The zero-order chi connectivity index (χ0) is 14.5. The van der Waals surface area contributed by atoms with Crippen LogP contribution in [0.1, 0.15) is 12.8 Å². The summed E-state index contributed by atoms with van der Waals surface area (Å²) in [6, 6.07) is 7.92. The number of nitrogens with zero attached hydrogens (tertiary/aromatic N) is 2. The van der Waals surface area contributed by atoms with Crippen LogP contribution in [0.4, 0.5) is 11.4 Å². The van der Waals surface area contributed by atoms with E-state index in [2.05, 4.69) is 29.2 Å². The normalized spacial score (nSPS) is 17.4. The lowest BCUT2D eigenvalue weighted by molar-refractivity contribution is -0.117. The molecule has 5 heteroatoms. The molecule has 1 fully saturated rings. The summed E-state index contributed by atoms with van der Waals surface area (Å²) < 4.78 is 0. The molecule has 0 atom stereocenters. The van der Waals surface area contributed by atoms with Gasteiger partial charge >= 0.3 is 0 Å². The number of rotatable bonds is 4. The maximum absolute atomic E-state index is 12.0. The quantitative estimate of drug-likeness (QED) is 0.812. The molecule has 0 bridgehead atoms. The minimum Gasteiger partial charge on any atom is -0.399 e. The van der Waals surface area contributed by atoms with Crippen molar-refractivity contribution in [3.8, 4) is 0 Å². The molecule has 1 saturated heterocycles. The molecule has 1 aromatic rings. The summed E-state index contributed by atoms with van der Waals surface area (Å²) in [5.74, 6) is 0.0268. The third-order valence-electron chi connectivity index (χ3n) is 3.82. The molecule has 1 aliphatic rings. The van der Waals surface area contributed by atoms with Gasteiger partial charge in [0.25, 0.3) is 0 Å². The van der Waals surface area contributed by atoms with E-state index in [1.807, 2.05) is 18.2 Å². The Hall–Kier alpha value is -1.59. The topological polar surface area (TPSA) is 61.6 Å². The summed E-state index contributed by atoms with van der Waals surface area (Å²) in [6.07, 6.45) is 2.25. The second-order valence-electron chi connectivity index (χ2n) is 5.64. The molecule has 0 unspecified atom stereocenters. The van der Waals surface area contributed by atoms with Crippen LogP contribution in [-0.4, -0.2) is 55.5 Å². The van der Waals surface area contributed by atoms with Crippen LogP contribution in [0, 0.1) is 0 Å². The fraction of sp³-hybridized carbons (Fsp3) is 0.533. The van der Waals surface area contributed by atoms with Crippen LogP contribution in [0.25, 0.3) is 0 Å². The second-order valence-corrected chi connectivity index (χ2v) is 5.64. The first kappa shape index (κ1) is 14.8. The number of nitrogen functional groups attached to an aromatic ring is 1. The van der Waals surface area contributed by atoms with E-state index >= 15 is 0 Å². The zero-order valence-corrected chi connectivity index (χ0v) is 12.3. The largest absolute Gasteiger partial charge is 0.399 e. The molecule has 0 aliphatic carbocycles. The van der Waals surface area contributed by atoms with Gasteiger partial charge in [-0.25, -0.2) is 0 Å². The number of amides is 1. The highest BCUT2D eigenvalue weighted by atomic mass is 16.2. The van der Waals surface area contributed by atoms with Crippen molar-refractivity contribution in [2.45, 2.75) is 18.9 Å². The van der Waals surface area contributed by atoms with Crippen LogP contribution >= 0.6 is 0 Å². The van der Waals surface area contributed by atoms with E-state index in [9.17, 15) is 4.79 Å². The lowest BCUT2D eigenvalue weighted by Gasteiger charge is -2.34. The highest BCUT2D eigenvalue weighted by Crippen LogP contribution is 2.15. The van der Waals surface area contributed by atoms with E-state index < -0.39 is 0 Å². The maximum atomic E-state index is 12.0. The first-order valence-corrected chi connectivity index (χ1v) is 7.09. The Labute approximate surface area is 120 Å². The van der Waals surface area contributed by atoms with Gasteiger partial charge in [0.15, 0.2) is 0 Å². The average Bonchev–Trinajstić information content (AvgIpc) is 2.39. The van der Waals surface area contributed by atoms with Crippen molar-refractivity contribution in [1.82, 2.24) is 9.80 Å². The Morgan fingerprint density at radius 1 is 1.40 bits per heavy atom. The molecule has 0 saturated carbocycles. The van der Waals surface area contributed by atoms with Gasteiger partial charge in [0, 0.05) is 30.5 Å². The molecular formula is C15H24N4O. The van der Waals surface area contributed by atoms with Gasteiger partial charge in [-0.2, -0.15) is 0 Å². The lowest BCUT2D eigenvalue weighted by atomic mass is 10.0. The van der Waals surface area contributed by atoms with Gasteiger partial charge in [-0.15, -0.1) is 0 Å². The lowest BCUT2D eigenvalue weighted by Crippen LogP contribution is -2.44. The maximum Gasteiger partial charge on any atom is 0.238 e. The number of nitrogens with two attached hydrogens (primary N) is 1. The number of anilines is 2. The Morgan fingerprint density at radius 2 is 2.10 bits per heavy atom. The second kappa shape index (κ2) is 6.72. The fourth-order valence-electron chi connectivity index (χ4n) is 2.61. The smallest absolute Gasteiger partial charge is 0.238 e. The Morgan fingerprint density at radius 3 is 2.70 bits per heavy atom. The first-order valence-electron chi connectivity index (χ1n) is 7.09. The van der Waals surface area contributed by atoms with Crippen molar-refractivity contribution in [1.29, 1.82) is 0 Å². The van der Waals surface area contributed by atoms with Crippen LogP contribution < -0.4 is 11.1 Å². The number of hydrogen-bond acceptors (Lipinski definition) is 4. The highest BCUT2D eigenvalue weighted by Gasteiger charge is 2.21. The summed E-state index contributed by atoms with van der Waals surface area (Å²) >= 11 is 0. The molecule has 0 aromatic heterocycles. The predicted molar refractivity (Wildman–Crippen MR) is 82.6 cm³/mol. The Balaban J connectivity index is 1.78. The van der Waals surface area contributed by atoms with Gasteiger partial charge in [-0.1, -0.05) is 6.07 Å². The van der Waals surface area contributed by atoms with E-state index in [1.54, 1.807) is 6.07 Å². The van der Waals surface area contributed by atoms with E-state index in [0.717, 1.165) is 31.6 Å². The molecule has 110 valence electrons. The van der Waals surface area contributed by atoms with E-state index in [0.29, 0.717) is 18.3 Å². The van der Waals surface area contributed by atoms with Crippen LogP contribution in [-0.2, 0) is 4.79 Å². The average molecular weight is 276 g/mol. The molecule has 20 heavy (non-hydrogen) atoms. The van der Waals surface area contributed by atoms with Gasteiger partial charge in [0.05, 0.1) is 6.54 Å². The van der Waals surface area contributed by atoms with Crippen molar-refractivity contribution in [3.05, 3.63) is 24.3 Å². The summed E-state index contributed by atoms with van der Waals surface area (Å²) in [5, 5.41) is 2.89. The molecular weight excluding hydrogens is 252 g/mol. The number of benzene rings is 1. The van der Waals surface area contributed by atoms with E-state index in [1.165, 1.54) is 0 Å². The van der Waals surface area contributed by atoms with Gasteiger partial charge in [-0.05, 0) is 45.1 Å². The minimum absolute atomic E-state index is 0.0268. The standard InChI is InChI=1S/C15H24N4O/c1-18(2)14-6-8-19(9-7-14)11-15(20)17-13-5-3-4-12(16)10-13/h3-5,10,14H,6-9,11,16H2,1-2H3,(H,17,20). The van der Waals surface area contributed by atoms with Crippen LogP contribution in [0.5, 0.6) is 0 Å². The van der Waals surface area contributed by atoms with Crippen molar-refractivity contribution < 1.29 is 4.79 Å². The zero-order valence-electron chi connectivity index (χ0n) is 12.3. The number of likely N-dealkylation sites (tertiary alicyclic amines) is 1. The number of carbonyl (C=O) groups is 1. The van der Waals surface area contributed by atoms with Crippen molar-refractivity contribution >= 4 is 17.3 Å². The van der Waals surface area contributed by atoms with Gasteiger partial charge in [-0.3, -0.25) is 9.69 Å². The summed E-state index contributed by atoms with van der Waals surface area (Å²) in [7, 11) is 4.24. The molecule has 0 radical (unpaired) electrons. The van der Waals surface area contributed by atoms with Crippen molar-refractivity contribution in [2.75, 3.05) is 44.8 Å². The Bertz CT molecular complexity index is 453. The van der Waals surface area contributed by atoms with Crippen LogP contribution in [0.2, 0.25) is 0 Å².